The monoisotopic (exact) mass is 372 g/mol. The number of hydrogen-bond acceptors (Lipinski definition) is 4. The van der Waals surface area contributed by atoms with Crippen molar-refractivity contribution in [3.05, 3.63) is 64.4 Å². The first kappa shape index (κ1) is 18.0. The van der Waals surface area contributed by atoms with Crippen LogP contribution in [0.2, 0.25) is 5.02 Å². The minimum atomic E-state index is -0.385. The summed E-state index contributed by atoms with van der Waals surface area (Å²) in [5.74, 6) is 0.00127. The predicted octanol–water partition coefficient (Wildman–Crippen LogP) is 3.09. The lowest BCUT2D eigenvalue weighted by atomic mass is 10.1. The number of carbonyl (C=O) groups is 2. The van der Waals surface area contributed by atoms with Crippen molar-refractivity contribution >= 4 is 35.2 Å². The van der Waals surface area contributed by atoms with Gasteiger partial charge in [0, 0.05) is 24.2 Å². The Kier molecular flexibility index (Phi) is 5.55. The standard InChI is InChI=1S/C19H17ClN2O4/c1-25-9-8-21-18(23)13-4-7-16-15(11-13)22-19(24)17(26-16)10-12-2-5-14(20)6-3-12/h2-7,10-11H,8-9H2,1H3,(H,21,23)(H,22,24)/b17-10+. The number of rotatable bonds is 5. The maximum atomic E-state index is 12.3. The van der Waals surface area contributed by atoms with Crippen molar-refractivity contribution in [3.63, 3.8) is 0 Å². The highest BCUT2D eigenvalue weighted by Crippen LogP contribution is 2.32. The Balaban J connectivity index is 1.77. The molecule has 26 heavy (non-hydrogen) atoms. The third-order valence-corrected chi connectivity index (χ3v) is 3.95. The van der Waals surface area contributed by atoms with Crippen LogP contribution >= 0.6 is 11.6 Å². The van der Waals surface area contributed by atoms with Gasteiger partial charge in [-0.25, -0.2) is 0 Å². The minimum Gasteiger partial charge on any atom is -0.449 e. The first-order chi connectivity index (χ1) is 12.6. The van der Waals surface area contributed by atoms with Crippen LogP contribution < -0.4 is 15.4 Å². The summed E-state index contributed by atoms with van der Waals surface area (Å²) in [4.78, 5) is 24.4. The van der Waals surface area contributed by atoms with Crippen LogP contribution in [0.25, 0.3) is 6.08 Å². The number of hydrogen-bond donors (Lipinski definition) is 2. The zero-order valence-electron chi connectivity index (χ0n) is 14.0. The predicted molar refractivity (Wildman–Crippen MR) is 99.3 cm³/mol. The number of amides is 2. The maximum Gasteiger partial charge on any atom is 0.291 e. The first-order valence-corrected chi connectivity index (χ1v) is 8.32. The summed E-state index contributed by atoms with van der Waals surface area (Å²) in [7, 11) is 1.56. The number of nitrogens with one attached hydrogen (secondary N) is 2. The molecule has 0 unspecified atom stereocenters. The fraction of sp³-hybridized carbons (Fsp3) is 0.158. The fourth-order valence-corrected chi connectivity index (χ4v) is 2.51. The van der Waals surface area contributed by atoms with Crippen molar-refractivity contribution in [1.29, 1.82) is 0 Å². The number of fused-ring (bicyclic) bond motifs is 1. The van der Waals surface area contributed by atoms with Gasteiger partial charge in [0.2, 0.25) is 0 Å². The third-order valence-electron chi connectivity index (χ3n) is 3.69. The SMILES string of the molecule is COCCNC(=O)c1ccc2c(c1)NC(=O)/C(=C\c1ccc(Cl)cc1)O2. The minimum absolute atomic E-state index is 0.164. The first-order valence-electron chi connectivity index (χ1n) is 7.94. The summed E-state index contributed by atoms with van der Waals surface area (Å²) in [6.45, 7) is 0.832. The molecule has 134 valence electrons. The highest BCUT2D eigenvalue weighted by molar-refractivity contribution is 6.30. The van der Waals surface area contributed by atoms with Crippen molar-refractivity contribution in [2.24, 2.45) is 0 Å². The van der Waals surface area contributed by atoms with Crippen molar-refractivity contribution in [1.82, 2.24) is 5.32 Å². The lowest BCUT2D eigenvalue weighted by Crippen LogP contribution is -2.28. The number of carbonyl (C=O) groups excluding carboxylic acids is 2. The van der Waals surface area contributed by atoms with Gasteiger partial charge in [-0.3, -0.25) is 9.59 Å². The van der Waals surface area contributed by atoms with Gasteiger partial charge in [-0.1, -0.05) is 23.7 Å². The van der Waals surface area contributed by atoms with E-state index < -0.39 is 0 Å². The van der Waals surface area contributed by atoms with Gasteiger partial charge in [0.15, 0.2) is 11.5 Å². The molecule has 0 aliphatic carbocycles. The fourth-order valence-electron chi connectivity index (χ4n) is 2.38. The zero-order chi connectivity index (χ0) is 18.5. The van der Waals surface area contributed by atoms with Gasteiger partial charge >= 0.3 is 0 Å². The molecule has 1 aliphatic rings. The van der Waals surface area contributed by atoms with Gasteiger partial charge in [0.1, 0.15) is 0 Å². The van der Waals surface area contributed by atoms with Crippen LogP contribution in [0.1, 0.15) is 15.9 Å². The molecule has 0 radical (unpaired) electrons. The van der Waals surface area contributed by atoms with Gasteiger partial charge in [-0.05, 0) is 42.0 Å². The molecule has 0 spiro atoms. The van der Waals surface area contributed by atoms with Crippen molar-refractivity contribution in [3.8, 4) is 5.75 Å². The highest BCUT2D eigenvalue weighted by atomic mass is 35.5. The third kappa shape index (κ3) is 4.22. The Hall–Kier alpha value is -2.83. The van der Waals surface area contributed by atoms with Crippen LogP contribution in [-0.4, -0.2) is 32.1 Å². The molecule has 0 atom stereocenters. The summed E-state index contributed by atoms with van der Waals surface area (Å²) < 4.78 is 10.6. The average molecular weight is 373 g/mol. The Morgan fingerprint density at radius 2 is 2.04 bits per heavy atom. The molecule has 2 amide bonds. The second kappa shape index (κ2) is 8.03. The summed E-state index contributed by atoms with van der Waals surface area (Å²) in [5, 5.41) is 6.08. The summed E-state index contributed by atoms with van der Waals surface area (Å²) in [6.07, 6.45) is 1.62. The largest absolute Gasteiger partial charge is 0.449 e. The van der Waals surface area contributed by atoms with Crippen LogP contribution in [0.3, 0.4) is 0 Å². The van der Waals surface area contributed by atoms with E-state index in [0.29, 0.717) is 35.2 Å². The second-order valence-electron chi connectivity index (χ2n) is 5.58. The van der Waals surface area contributed by atoms with E-state index in [4.69, 9.17) is 21.1 Å². The molecule has 3 rings (SSSR count). The number of ether oxygens (including phenoxy) is 2. The van der Waals surface area contributed by atoms with Crippen LogP contribution in [0, 0.1) is 0 Å². The quantitative estimate of drug-likeness (QED) is 0.624. The van der Waals surface area contributed by atoms with Crippen LogP contribution in [-0.2, 0) is 9.53 Å². The van der Waals surface area contributed by atoms with Gasteiger partial charge in [-0.2, -0.15) is 0 Å². The topological polar surface area (TPSA) is 76.7 Å². The van der Waals surface area contributed by atoms with E-state index in [2.05, 4.69) is 10.6 Å². The van der Waals surface area contributed by atoms with E-state index in [9.17, 15) is 9.59 Å². The van der Waals surface area contributed by atoms with Crippen molar-refractivity contribution in [2.75, 3.05) is 25.6 Å². The molecule has 2 aromatic carbocycles. The van der Waals surface area contributed by atoms with Crippen LogP contribution in [0.5, 0.6) is 5.75 Å². The molecule has 6 nitrogen and oxygen atoms in total. The highest BCUT2D eigenvalue weighted by Gasteiger charge is 2.23. The number of methoxy groups -OCH3 is 1. The maximum absolute atomic E-state index is 12.3. The molecule has 2 aromatic rings. The van der Waals surface area contributed by atoms with Gasteiger partial charge in [-0.15, -0.1) is 0 Å². The smallest absolute Gasteiger partial charge is 0.291 e. The normalized spacial score (nSPS) is 14.4. The molecule has 0 bridgehead atoms. The van der Waals surface area contributed by atoms with E-state index >= 15 is 0 Å². The van der Waals surface area contributed by atoms with E-state index in [-0.39, 0.29) is 17.6 Å². The summed E-state index contributed by atoms with van der Waals surface area (Å²) >= 11 is 5.86. The zero-order valence-corrected chi connectivity index (χ0v) is 14.8. The number of benzene rings is 2. The van der Waals surface area contributed by atoms with E-state index in [1.54, 1.807) is 55.7 Å². The van der Waals surface area contributed by atoms with Crippen LogP contribution in [0.15, 0.2) is 48.2 Å². The van der Waals surface area contributed by atoms with Gasteiger partial charge in [0.05, 0.1) is 12.3 Å². The average Bonchev–Trinajstić information content (AvgIpc) is 2.64. The molecule has 1 heterocycles. The summed E-state index contributed by atoms with van der Waals surface area (Å²) in [5.41, 5.74) is 1.66. The Morgan fingerprint density at radius 3 is 2.77 bits per heavy atom. The Labute approximate surface area is 155 Å². The molecular formula is C19H17ClN2O4. The van der Waals surface area contributed by atoms with Crippen LogP contribution in [0.4, 0.5) is 5.69 Å². The number of anilines is 1. The lowest BCUT2D eigenvalue weighted by molar-refractivity contribution is -0.115. The Morgan fingerprint density at radius 1 is 1.27 bits per heavy atom. The molecule has 0 fully saturated rings. The molecule has 1 aliphatic heterocycles. The van der Waals surface area contributed by atoms with E-state index in [0.717, 1.165) is 5.56 Å². The second-order valence-corrected chi connectivity index (χ2v) is 6.01. The molecule has 0 aromatic heterocycles. The van der Waals surface area contributed by atoms with Gasteiger partial charge < -0.3 is 20.1 Å². The molecular weight excluding hydrogens is 356 g/mol. The molecule has 0 saturated heterocycles. The van der Waals surface area contributed by atoms with Crippen molar-refractivity contribution in [2.45, 2.75) is 0 Å². The van der Waals surface area contributed by atoms with E-state index in [1.807, 2.05) is 0 Å². The number of halogens is 1. The molecule has 2 N–H and O–H groups in total. The van der Waals surface area contributed by atoms with Crippen molar-refractivity contribution < 1.29 is 19.1 Å². The Bertz CT molecular complexity index is 862. The summed E-state index contributed by atoms with van der Waals surface area (Å²) in [6, 6.07) is 11.9. The van der Waals surface area contributed by atoms with E-state index in [1.165, 1.54) is 0 Å². The van der Waals surface area contributed by atoms with Gasteiger partial charge in [0.25, 0.3) is 11.8 Å². The molecule has 7 heteroatoms. The molecule has 0 saturated carbocycles. The lowest BCUT2D eigenvalue weighted by Gasteiger charge is -2.20.